The molecule has 1 rings (SSSR count). The number of ketones is 2. The van der Waals surface area contributed by atoms with E-state index in [2.05, 4.69) is 0 Å². The molecule has 0 bridgehead atoms. The number of esters is 1. The molecule has 1 aliphatic rings. The van der Waals surface area contributed by atoms with E-state index in [1.54, 1.807) is 0 Å². The van der Waals surface area contributed by atoms with Gasteiger partial charge in [0.25, 0.3) is 0 Å². The SMILES string of the molecule is COC(=O)C1C(=O)C(C(C)C)C(=O)C(C)C1C(C)C. The summed E-state index contributed by atoms with van der Waals surface area (Å²) in [6.45, 7) is 9.39. The lowest BCUT2D eigenvalue weighted by Gasteiger charge is -2.40. The summed E-state index contributed by atoms with van der Waals surface area (Å²) >= 11 is 0. The highest BCUT2D eigenvalue weighted by Crippen LogP contribution is 2.40. The standard InChI is InChI=1S/C15H24O4/c1-7(2)10-9(5)13(16)11(8(3)4)14(17)12(10)15(18)19-6/h7-12H,1-6H3. The molecule has 4 unspecified atom stereocenters. The molecule has 0 heterocycles. The van der Waals surface area contributed by atoms with Crippen LogP contribution in [0, 0.1) is 35.5 Å². The maximum Gasteiger partial charge on any atom is 0.316 e. The lowest BCUT2D eigenvalue weighted by molar-refractivity contribution is -0.162. The Morgan fingerprint density at radius 3 is 1.95 bits per heavy atom. The topological polar surface area (TPSA) is 60.4 Å². The van der Waals surface area contributed by atoms with Gasteiger partial charge in [-0.25, -0.2) is 0 Å². The largest absolute Gasteiger partial charge is 0.468 e. The van der Waals surface area contributed by atoms with E-state index >= 15 is 0 Å². The molecule has 0 saturated heterocycles. The molecule has 1 saturated carbocycles. The van der Waals surface area contributed by atoms with Crippen molar-refractivity contribution in [3.63, 3.8) is 0 Å². The van der Waals surface area contributed by atoms with Crippen LogP contribution in [0.15, 0.2) is 0 Å². The van der Waals surface area contributed by atoms with Crippen LogP contribution in [-0.2, 0) is 19.1 Å². The summed E-state index contributed by atoms with van der Waals surface area (Å²) < 4.78 is 4.78. The first-order valence-corrected chi connectivity index (χ1v) is 6.89. The Morgan fingerprint density at radius 2 is 1.58 bits per heavy atom. The van der Waals surface area contributed by atoms with Gasteiger partial charge in [0.05, 0.1) is 13.0 Å². The van der Waals surface area contributed by atoms with Crippen LogP contribution in [0.25, 0.3) is 0 Å². The third-order valence-electron chi connectivity index (χ3n) is 4.22. The minimum Gasteiger partial charge on any atom is -0.468 e. The van der Waals surface area contributed by atoms with E-state index < -0.39 is 17.8 Å². The van der Waals surface area contributed by atoms with Gasteiger partial charge in [0, 0.05) is 5.92 Å². The first-order chi connectivity index (χ1) is 8.73. The smallest absolute Gasteiger partial charge is 0.316 e. The molecule has 1 aliphatic carbocycles. The van der Waals surface area contributed by atoms with Crippen LogP contribution in [-0.4, -0.2) is 24.6 Å². The van der Waals surface area contributed by atoms with Crippen LogP contribution in [0.3, 0.4) is 0 Å². The predicted molar refractivity (Wildman–Crippen MR) is 71.3 cm³/mol. The van der Waals surface area contributed by atoms with Gasteiger partial charge in [-0.05, 0) is 17.8 Å². The Balaban J connectivity index is 3.25. The van der Waals surface area contributed by atoms with Gasteiger partial charge in [-0.15, -0.1) is 0 Å². The molecule has 0 N–H and O–H groups in total. The van der Waals surface area contributed by atoms with Crippen molar-refractivity contribution in [2.24, 2.45) is 35.5 Å². The molecule has 0 aromatic heterocycles. The van der Waals surface area contributed by atoms with Crippen LogP contribution in [0.5, 0.6) is 0 Å². The molecular weight excluding hydrogens is 244 g/mol. The Labute approximate surface area is 114 Å². The first kappa shape index (κ1) is 15.9. The maximum atomic E-state index is 12.5. The van der Waals surface area contributed by atoms with E-state index in [1.165, 1.54) is 7.11 Å². The van der Waals surface area contributed by atoms with Crippen LogP contribution in [0.2, 0.25) is 0 Å². The van der Waals surface area contributed by atoms with Crippen molar-refractivity contribution in [1.29, 1.82) is 0 Å². The summed E-state index contributed by atoms with van der Waals surface area (Å²) in [5.74, 6) is -2.81. The van der Waals surface area contributed by atoms with Crippen molar-refractivity contribution in [3.8, 4) is 0 Å². The van der Waals surface area contributed by atoms with Crippen molar-refractivity contribution in [3.05, 3.63) is 0 Å². The average Bonchev–Trinajstić information content (AvgIpc) is 2.31. The molecule has 19 heavy (non-hydrogen) atoms. The molecule has 1 fully saturated rings. The lowest BCUT2D eigenvalue weighted by Crippen LogP contribution is -2.52. The van der Waals surface area contributed by atoms with Crippen molar-refractivity contribution in [1.82, 2.24) is 0 Å². The van der Waals surface area contributed by atoms with Crippen LogP contribution >= 0.6 is 0 Å². The molecule has 4 heteroatoms. The van der Waals surface area contributed by atoms with E-state index in [4.69, 9.17) is 4.74 Å². The molecule has 108 valence electrons. The van der Waals surface area contributed by atoms with Crippen LogP contribution in [0.1, 0.15) is 34.6 Å². The van der Waals surface area contributed by atoms with E-state index in [9.17, 15) is 14.4 Å². The second kappa shape index (κ2) is 5.85. The highest BCUT2D eigenvalue weighted by molar-refractivity contribution is 6.13. The quantitative estimate of drug-likeness (QED) is 0.581. The fraction of sp³-hybridized carbons (Fsp3) is 0.800. The highest BCUT2D eigenvalue weighted by atomic mass is 16.5. The summed E-state index contributed by atoms with van der Waals surface area (Å²) in [5, 5.41) is 0. The highest BCUT2D eigenvalue weighted by Gasteiger charge is 2.52. The van der Waals surface area contributed by atoms with Gasteiger partial charge in [-0.1, -0.05) is 34.6 Å². The number of hydrogen-bond acceptors (Lipinski definition) is 4. The summed E-state index contributed by atoms with van der Waals surface area (Å²) in [4.78, 5) is 36.9. The fourth-order valence-corrected chi connectivity index (χ4v) is 3.30. The van der Waals surface area contributed by atoms with Gasteiger partial charge >= 0.3 is 5.97 Å². The summed E-state index contributed by atoms with van der Waals surface area (Å²) in [7, 11) is 1.29. The lowest BCUT2D eigenvalue weighted by atomic mass is 9.61. The second-order valence-electron chi connectivity index (χ2n) is 6.14. The Hall–Kier alpha value is -1.19. The molecule has 0 spiro atoms. The molecule has 0 aromatic carbocycles. The van der Waals surface area contributed by atoms with Crippen molar-refractivity contribution in [2.75, 3.05) is 7.11 Å². The maximum absolute atomic E-state index is 12.5. The minimum atomic E-state index is -0.801. The van der Waals surface area contributed by atoms with Gasteiger partial charge in [0.1, 0.15) is 11.7 Å². The van der Waals surface area contributed by atoms with E-state index in [0.717, 1.165) is 0 Å². The number of hydrogen-bond donors (Lipinski definition) is 0. The van der Waals surface area contributed by atoms with Gasteiger partial charge in [-0.2, -0.15) is 0 Å². The Bertz CT molecular complexity index is 384. The zero-order valence-corrected chi connectivity index (χ0v) is 12.6. The number of rotatable bonds is 3. The molecule has 4 nitrogen and oxygen atoms in total. The van der Waals surface area contributed by atoms with Crippen molar-refractivity contribution < 1.29 is 19.1 Å². The molecule has 4 atom stereocenters. The van der Waals surface area contributed by atoms with Gasteiger partial charge < -0.3 is 4.74 Å². The van der Waals surface area contributed by atoms with Crippen molar-refractivity contribution >= 4 is 17.5 Å². The Morgan fingerprint density at radius 1 is 1.05 bits per heavy atom. The number of Topliss-reactive ketones (excluding diaryl/α,β-unsaturated/α-hetero) is 2. The van der Waals surface area contributed by atoms with Crippen molar-refractivity contribution in [2.45, 2.75) is 34.6 Å². The molecule has 0 aliphatic heterocycles. The normalized spacial score (nSPS) is 32.0. The number of ether oxygens (including phenoxy) is 1. The minimum absolute atomic E-state index is 0.0288. The van der Waals surface area contributed by atoms with E-state index in [0.29, 0.717) is 0 Å². The van der Waals surface area contributed by atoms with Gasteiger partial charge in [-0.3, -0.25) is 14.4 Å². The zero-order valence-electron chi connectivity index (χ0n) is 12.6. The third kappa shape index (κ3) is 2.72. The Kier molecular flexibility index (Phi) is 4.88. The molecular formula is C15H24O4. The third-order valence-corrected chi connectivity index (χ3v) is 4.22. The second-order valence-corrected chi connectivity index (χ2v) is 6.14. The summed E-state index contributed by atoms with van der Waals surface area (Å²) in [5.41, 5.74) is 0. The predicted octanol–water partition coefficient (Wildman–Crippen LogP) is 2.11. The number of carbonyl (C=O) groups excluding carboxylic acids is 3. The average molecular weight is 268 g/mol. The molecule has 0 aromatic rings. The number of carbonyl (C=O) groups is 3. The molecule has 0 amide bonds. The summed E-state index contributed by atoms with van der Waals surface area (Å²) in [6, 6.07) is 0. The van der Waals surface area contributed by atoms with Crippen LogP contribution in [0.4, 0.5) is 0 Å². The zero-order chi connectivity index (χ0) is 14.9. The van der Waals surface area contributed by atoms with E-state index in [-0.39, 0.29) is 35.2 Å². The van der Waals surface area contributed by atoms with Gasteiger partial charge in [0.15, 0.2) is 5.78 Å². The fourth-order valence-electron chi connectivity index (χ4n) is 3.30. The van der Waals surface area contributed by atoms with E-state index in [1.807, 2.05) is 34.6 Å². The monoisotopic (exact) mass is 268 g/mol. The summed E-state index contributed by atoms with van der Waals surface area (Å²) in [6.07, 6.45) is 0. The first-order valence-electron chi connectivity index (χ1n) is 6.89. The number of methoxy groups -OCH3 is 1. The van der Waals surface area contributed by atoms with Crippen LogP contribution < -0.4 is 0 Å². The van der Waals surface area contributed by atoms with Gasteiger partial charge in [0.2, 0.25) is 0 Å². The molecule has 0 radical (unpaired) electrons.